The summed E-state index contributed by atoms with van der Waals surface area (Å²) < 4.78 is 5.25. The molecule has 0 bridgehead atoms. The minimum absolute atomic E-state index is 0.0261. The molecule has 2 atom stereocenters. The Bertz CT molecular complexity index is 1040. The lowest BCUT2D eigenvalue weighted by atomic mass is 10.1. The van der Waals surface area contributed by atoms with Gasteiger partial charge in [0.1, 0.15) is 16.3 Å². The van der Waals surface area contributed by atoms with Crippen molar-refractivity contribution in [2.24, 2.45) is 0 Å². The topological polar surface area (TPSA) is 42.4 Å². The predicted octanol–water partition coefficient (Wildman–Crippen LogP) is 5.72. The molecule has 27 heavy (non-hydrogen) atoms. The van der Waals surface area contributed by atoms with E-state index in [1.165, 1.54) is 0 Å². The molecule has 0 radical (unpaired) electrons. The number of amides is 1. The van der Waals surface area contributed by atoms with Crippen LogP contribution in [0.2, 0.25) is 10.2 Å². The summed E-state index contributed by atoms with van der Waals surface area (Å²) in [6.45, 7) is 1.90. The van der Waals surface area contributed by atoms with Crippen LogP contribution in [0, 0.1) is 0 Å². The SMILES string of the molecule is COc1ccc2cc(C3SC(C)C(=O)N3c3cccc(Cl)c3)c(Cl)nc2c1. The molecule has 4 rings (SSSR count). The summed E-state index contributed by atoms with van der Waals surface area (Å²) in [7, 11) is 1.61. The van der Waals surface area contributed by atoms with Crippen LogP contribution in [0.5, 0.6) is 5.75 Å². The lowest BCUT2D eigenvalue weighted by Gasteiger charge is -2.25. The van der Waals surface area contributed by atoms with Gasteiger partial charge in [0.2, 0.25) is 5.91 Å². The summed E-state index contributed by atoms with van der Waals surface area (Å²) in [5.41, 5.74) is 2.30. The highest BCUT2D eigenvalue weighted by Crippen LogP contribution is 2.47. The third kappa shape index (κ3) is 3.35. The number of nitrogens with zero attached hydrogens (tertiary/aromatic N) is 2. The van der Waals surface area contributed by atoms with Crippen LogP contribution in [-0.4, -0.2) is 23.3 Å². The predicted molar refractivity (Wildman–Crippen MR) is 112 cm³/mol. The van der Waals surface area contributed by atoms with Gasteiger partial charge in [-0.15, -0.1) is 11.8 Å². The Labute approximate surface area is 171 Å². The minimum Gasteiger partial charge on any atom is -0.497 e. The van der Waals surface area contributed by atoms with Gasteiger partial charge >= 0.3 is 0 Å². The number of carbonyl (C=O) groups excluding carboxylic acids is 1. The minimum atomic E-state index is -0.266. The van der Waals surface area contributed by atoms with Crippen LogP contribution >= 0.6 is 35.0 Å². The van der Waals surface area contributed by atoms with Gasteiger partial charge in [-0.25, -0.2) is 4.98 Å². The molecule has 2 heterocycles. The number of benzene rings is 2. The van der Waals surface area contributed by atoms with Crippen molar-refractivity contribution in [3.05, 3.63) is 64.3 Å². The number of hydrogen-bond donors (Lipinski definition) is 0. The van der Waals surface area contributed by atoms with Crippen molar-refractivity contribution in [1.29, 1.82) is 0 Å². The Morgan fingerprint density at radius 3 is 2.70 bits per heavy atom. The van der Waals surface area contributed by atoms with Crippen molar-refractivity contribution in [1.82, 2.24) is 4.98 Å². The maximum Gasteiger partial charge on any atom is 0.241 e. The fraction of sp³-hybridized carbons (Fsp3) is 0.200. The number of halogens is 2. The Hall–Kier alpha value is -1.95. The number of fused-ring (bicyclic) bond motifs is 1. The Balaban J connectivity index is 1.82. The molecule has 1 saturated heterocycles. The largest absolute Gasteiger partial charge is 0.497 e. The number of pyridine rings is 1. The van der Waals surface area contributed by atoms with Crippen molar-refractivity contribution >= 4 is 57.5 Å². The molecule has 1 amide bonds. The van der Waals surface area contributed by atoms with E-state index in [1.807, 2.05) is 43.3 Å². The quantitative estimate of drug-likeness (QED) is 0.510. The molecule has 0 spiro atoms. The lowest BCUT2D eigenvalue weighted by Crippen LogP contribution is -2.30. The summed E-state index contributed by atoms with van der Waals surface area (Å²) in [6.07, 6.45) is 0. The van der Waals surface area contributed by atoms with Crippen molar-refractivity contribution in [3.63, 3.8) is 0 Å². The number of thioether (sulfide) groups is 1. The average molecular weight is 419 g/mol. The van der Waals surface area contributed by atoms with Gasteiger partial charge < -0.3 is 4.74 Å². The maximum absolute atomic E-state index is 12.8. The third-order valence-electron chi connectivity index (χ3n) is 4.51. The lowest BCUT2D eigenvalue weighted by molar-refractivity contribution is -0.117. The number of methoxy groups -OCH3 is 1. The highest BCUT2D eigenvalue weighted by atomic mass is 35.5. The van der Waals surface area contributed by atoms with E-state index in [1.54, 1.807) is 35.9 Å². The third-order valence-corrected chi connectivity index (χ3v) is 6.38. The fourth-order valence-corrected chi connectivity index (χ4v) is 4.95. The molecule has 2 aromatic carbocycles. The number of hydrogen-bond acceptors (Lipinski definition) is 4. The van der Waals surface area contributed by atoms with E-state index in [0.29, 0.717) is 10.2 Å². The summed E-state index contributed by atoms with van der Waals surface area (Å²) in [5, 5.41) is 1.45. The van der Waals surface area contributed by atoms with Gasteiger partial charge in [0, 0.05) is 27.7 Å². The van der Waals surface area contributed by atoms with Gasteiger partial charge in [0.25, 0.3) is 0 Å². The molecule has 0 N–H and O–H groups in total. The van der Waals surface area contributed by atoms with E-state index in [-0.39, 0.29) is 16.5 Å². The van der Waals surface area contributed by atoms with Gasteiger partial charge in [-0.05, 0) is 43.3 Å². The number of rotatable bonds is 3. The number of aromatic nitrogens is 1. The van der Waals surface area contributed by atoms with Crippen molar-refractivity contribution in [2.75, 3.05) is 12.0 Å². The van der Waals surface area contributed by atoms with Gasteiger partial charge in [0.15, 0.2) is 0 Å². The van der Waals surface area contributed by atoms with E-state index in [2.05, 4.69) is 4.98 Å². The van der Waals surface area contributed by atoms with Crippen LogP contribution in [-0.2, 0) is 4.79 Å². The summed E-state index contributed by atoms with van der Waals surface area (Å²) in [4.78, 5) is 19.1. The van der Waals surface area contributed by atoms with E-state index < -0.39 is 0 Å². The molecular formula is C20H16Cl2N2O2S. The first-order valence-corrected chi connectivity index (χ1v) is 10.1. The van der Waals surface area contributed by atoms with Crippen LogP contribution in [0.15, 0.2) is 48.5 Å². The molecule has 1 aromatic heterocycles. The zero-order chi connectivity index (χ0) is 19.1. The van der Waals surface area contributed by atoms with E-state index >= 15 is 0 Å². The van der Waals surface area contributed by atoms with Crippen LogP contribution in [0.4, 0.5) is 5.69 Å². The smallest absolute Gasteiger partial charge is 0.241 e. The van der Waals surface area contributed by atoms with Crippen LogP contribution < -0.4 is 9.64 Å². The number of ether oxygens (including phenoxy) is 1. The second-order valence-electron chi connectivity index (χ2n) is 6.25. The monoisotopic (exact) mass is 418 g/mol. The molecule has 1 aliphatic heterocycles. The molecule has 4 nitrogen and oxygen atoms in total. The van der Waals surface area contributed by atoms with Crippen LogP contribution in [0.3, 0.4) is 0 Å². The second-order valence-corrected chi connectivity index (χ2v) is 8.47. The summed E-state index contributed by atoms with van der Waals surface area (Å²) in [6, 6.07) is 14.9. The maximum atomic E-state index is 12.8. The van der Waals surface area contributed by atoms with E-state index in [0.717, 1.165) is 27.9 Å². The zero-order valence-corrected chi connectivity index (χ0v) is 17.0. The van der Waals surface area contributed by atoms with Gasteiger partial charge in [-0.3, -0.25) is 9.69 Å². The van der Waals surface area contributed by atoms with Crippen molar-refractivity contribution in [2.45, 2.75) is 17.5 Å². The fourth-order valence-electron chi connectivity index (χ4n) is 3.16. The van der Waals surface area contributed by atoms with Crippen molar-refractivity contribution < 1.29 is 9.53 Å². The Kier molecular flexibility index (Phi) is 4.93. The van der Waals surface area contributed by atoms with Gasteiger partial charge in [-0.1, -0.05) is 29.3 Å². The van der Waals surface area contributed by atoms with Gasteiger partial charge in [-0.2, -0.15) is 0 Å². The first-order chi connectivity index (χ1) is 13.0. The summed E-state index contributed by atoms with van der Waals surface area (Å²) >= 11 is 14.2. The second kappa shape index (κ2) is 7.23. The molecule has 1 fully saturated rings. The highest BCUT2D eigenvalue weighted by Gasteiger charge is 2.40. The molecule has 7 heteroatoms. The molecule has 0 aliphatic carbocycles. The van der Waals surface area contributed by atoms with E-state index in [4.69, 9.17) is 27.9 Å². The highest BCUT2D eigenvalue weighted by molar-refractivity contribution is 8.01. The van der Waals surface area contributed by atoms with Crippen molar-refractivity contribution in [3.8, 4) is 5.75 Å². The molecule has 2 unspecified atom stereocenters. The van der Waals surface area contributed by atoms with Crippen LogP contribution in [0.25, 0.3) is 10.9 Å². The van der Waals surface area contributed by atoms with E-state index in [9.17, 15) is 4.79 Å². The van der Waals surface area contributed by atoms with Gasteiger partial charge in [0.05, 0.1) is 17.9 Å². The molecule has 1 aliphatic rings. The zero-order valence-electron chi connectivity index (χ0n) is 14.6. The first kappa shape index (κ1) is 18.4. The average Bonchev–Trinajstić information content (AvgIpc) is 2.95. The normalized spacial score (nSPS) is 19.7. The first-order valence-electron chi connectivity index (χ1n) is 8.36. The molecule has 0 saturated carbocycles. The molecular weight excluding hydrogens is 403 g/mol. The standard InChI is InChI=1S/C20H16Cl2N2O2S/c1-11-19(25)24(14-5-3-4-13(21)9-14)20(27-11)16-8-12-6-7-15(26-2)10-17(12)23-18(16)22/h3-11,20H,1-2H3. The number of carbonyl (C=O) groups is 1. The summed E-state index contributed by atoms with van der Waals surface area (Å²) in [5.74, 6) is 0.747. The van der Waals surface area contributed by atoms with Crippen LogP contribution in [0.1, 0.15) is 17.9 Å². The molecule has 3 aromatic rings. The number of anilines is 1. The molecule has 138 valence electrons. The Morgan fingerprint density at radius 2 is 1.96 bits per heavy atom. The Morgan fingerprint density at radius 1 is 1.15 bits per heavy atom.